The van der Waals surface area contributed by atoms with Gasteiger partial charge in [-0.05, 0) is 24.6 Å². The summed E-state index contributed by atoms with van der Waals surface area (Å²) in [6, 6.07) is 4.75. The van der Waals surface area contributed by atoms with Crippen LogP contribution in [0.15, 0.2) is 23.1 Å². The molecule has 1 unspecified atom stereocenters. The minimum atomic E-state index is -3.54. The molecule has 0 aliphatic heterocycles. The van der Waals surface area contributed by atoms with E-state index in [-0.39, 0.29) is 16.7 Å². The lowest BCUT2D eigenvalue weighted by molar-refractivity contribution is -0.119. The van der Waals surface area contributed by atoms with E-state index in [1.54, 1.807) is 12.1 Å². The van der Waals surface area contributed by atoms with E-state index < -0.39 is 10.0 Å². The molecular formula is C15H25N3O3S. The summed E-state index contributed by atoms with van der Waals surface area (Å²) in [7, 11) is 3.10. The molecule has 0 heterocycles. The van der Waals surface area contributed by atoms with Crippen molar-refractivity contribution in [3.8, 4) is 0 Å². The second kappa shape index (κ2) is 7.11. The fourth-order valence-corrected chi connectivity index (χ4v) is 2.75. The summed E-state index contributed by atoms with van der Waals surface area (Å²) in [5.41, 5.74) is 1.26. The number of nitrogens with zero attached hydrogens (tertiary/aromatic N) is 2. The number of hydrogen-bond acceptors (Lipinski definition) is 4. The molecular weight excluding hydrogens is 302 g/mol. The highest BCUT2D eigenvalue weighted by Gasteiger charge is 2.20. The minimum absolute atomic E-state index is 0.120. The first-order chi connectivity index (χ1) is 10.1. The van der Waals surface area contributed by atoms with E-state index in [4.69, 9.17) is 0 Å². The van der Waals surface area contributed by atoms with Gasteiger partial charge in [0.05, 0.1) is 16.3 Å². The van der Waals surface area contributed by atoms with Crippen molar-refractivity contribution < 1.29 is 13.2 Å². The molecule has 0 saturated heterocycles. The standard InChI is InChI=1S/C15H25N3O3S/c1-7-11(2)15(19)16-13-10-12(22(20,21)18(5)6)8-9-14(13)17(3)4/h8-11H,7H2,1-6H3,(H,16,19). The summed E-state index contributed by atoms with van der Waals surface area (Å²) in [5.74, 6) is -0.255. The molecule has 0 saturated carbocycles. The molecule has 0 spiro atoms. The Morgan fingerprint density at radius 3 is 2.27 bits per heavy atom. The van der Waals surface area contributed by atoms with Crippen molar-refractivity contribution >= 4 is 27.3 Å². The van der Waals surface area contributed by atoms with E-state index in [1.165, 1.54) is 20.2 Å². The van der Waals surface area contributed by atoms with Crippen molar-refractivity contribution in [1.29, 1.82) is 0 Å². The molecule has 1 aromatic carbocycles. The van der Waals surface area contributed by atoms with Gasteiger partial charge in [-0.3, -0.25) is 4.79 Å². The number of rotatable bonds is 6. The average Bonchev–Trinajstić information content (AvgIpc) is 2.45. The van der Waals surface area contributed by atoms with Crippen LogP contribution in [0.2, 0.25) is 0 Å². The molecule has 1 aromatic rings. The van der Waals surface area contributed by atoms with E-state index in [0.29, 0.717) is 5.69 Å². The molecule has 1 N–H and O–H groups in total. The lowest BCUT2D eigenvalue weighted by Gasteiger charge is -2.21. The minimum Gasteiger partial charge on any atom is -0.376 e. The number of carbonyl (C=O) groups is 1. The highest BCUT2D eigenvalue weighted by molar-refractivity contribution is 7.89. The summed E-state index contributed by atoms with van der Waals surface area (Å²) in [6.45, 7) is 3.77. The second-order valence-electron chi connectivity index (χ2n) is 5.66. The fraction of sp³-hybridized carbons (Fsp3) is 0.533. The van der Waals surface area contributed by atoms with Gasteiger partial charge in [0, 0.05) is 34.1 Å². The van der Waals surface area contributed by atoms with Crippen molar-refractivity contribution in [2.24, 2.45) is 5.92 Å². The number of anilines is 2. The molecule has 124 valence electrons. The van der Waals surface area contributed by atoms with Gasteiger partial charge in [-0.1, -0.05) is 13.8 Å². The predicted octanol–water partition coefficient (Wildman–Crippen LogP) is 1.99. The number of sulfonamides is 1. The predicted molar refractivity (Wildman–Crippen MR) is 89.7 cm³/mol. The molecule has 6 nitrogen and oxygen atoms in total. The highest BCUT2D eigenvalue weighted by atomic mass is 32.2. The van der Waals surface area contributed by atoms with Gasteiger partial charge in [0.25, 0.3) is 0 Å². The number of hydrogen-bond donors (Lipinski definition) is 1. The van der Waals surface area contributed by atoms with Crippen LogP contribution in [-0.2, 0) is 14.8 Å². The maximum Gasteiger partial charge on any atom is 0.242 e. The van der Waals surface area contributed by atoms with Gasteiger partial charge in [-0.2, -0.15) is 0 Å². The van der Waals surface area contributed by atoms with Gasteiger partial charge in [-0.15, -0.1) is 0 Å². The third-order valence-corrected chi connectivity index (χ3v) is 5.36. The summed E-state index contributed by atoms with van der Waals surface area (Å²) in [5, 5.41) is 2.83. The average molecular weight is 327 g/mol. The fourth-order valence-electron chi connectivity index (χ4n) is 1.82. The topological polar surface area (TPSA) is 69.7 Å². The van der Waals surface area contributed by atoms with Crippen LogP contribution in [0.4, 0.5) is 11.4 Å². The quantitative estimate of drug-likeness (QED) is 0.867. The van der Waals surface area contributed by atoms with Crippen molar-refractivity contribution in [3.05, 3.63) is 18.2 Å². The monoisotopic (exact) mass is 327 g/mol. The normalized spacial score (nSPS) is 13.0. The van der Waals surface area contributed by atoms with Gasteiger partial charge in [-0.25, -0.2) is 12.7 Å². The Balaban J connectivity index is 3.31. The zero-order valence-electron chi connectivity index (χ0n) is 14.0. The molecule has 1 atom stereocenters. The van der Waals surface area contributed by atoms with E-state index in [1.807, 2.05) is 32.8 Å². The van der Waals surface area contributed by atoms with E-state index in [2.05, 4.69) is 5.32 Å². The summed E-state index contributed by atoms with van der Waals surface area (Å²) in [4.78, 5) is 14.1. The number of amides is 1. The lowest BCUT2D eigenvalue weighted by Crippen LogP contribution is -2.24. The molecule has 1 rings (SSSR count). The number of carbonyl (C=O) groups excluding carboxylic acids is 1. The Hall–Kier alpha value is -1.60. The van der Waals surface area contributed by atoms with Gasteiger partial charge in [0.1, 0.15) is 0 Å². The number of nitrogens with one attached hydrogen (secondary N) is 1. The summed E-state index contributed by atoms with van der Waals surface area (Å²) < 4.78 is 25.6. The van der Waals surface area contributed by atoms with Crippen LogP contribution in [0.3, 0.4) is 0 Å². The molecule has 0 fully saturated rings. The lowest BCUT2D eigenvalue weighted by atomic mass is 10.1. The van der Waals surface area contributed by atoms with E-state index in [9.17, 15) is 13.2 Å². The zero-order valence-corrected chi connectivity index (χ0v) is 14.9. The molecule has 0 aliphatic carbocycles. The van der Waals surface area contributed by atoms with E-state index >= 15 is 0 Å². The molecule has 22 heavy (non-hydrogen) atoms. The second-order valence-corrected chi connectivity index (χ2v) is 7.81. The SMILES string of the molecule is CCC(C)C(=O)Nc1cc(S(=O)(=O)N(C)C)ccc1N(C)C. The molecule has 0 aromatic heterocycles. The molecule has 7 heteroatoms. The van der Waals surface area contributed by atoms with Crippen LogP contribution in [0.1, 0.15) is 20.3 Å². The van der Waals surface area contributed by atoms with Crippen LogP contribution in [0.5, 0.6) is 0 Å². The van der Waals surface area contributed by atoms with Crippen LogP contribution in [-0.4, -0.2) is 46.8 Å². The third-order valence-electron chi connectivity index (χ3n) is 3.55. The van der Waals surface area contributed by atoms with Crippen molar-refractivity contribution in [2.75, 3.05) is 38.4 Å². The van der Waals surface area contributed by atoms with Gasteiger partial charge in [0.2, 0.25) is 15.9 Å². The van der Waals surface area contributed by atoms with Gasteiger partial charge >= 0.3 is 0 Å². The Bertz CT molecular complexity index is 639. The van der Waals surface area contributed by atoms with Gasteiger partial charge < -0.3 is 10.2 Å². The van der Waals surface area contributed by atoms with Crippen LogP contribution in [0.25, 0.3) is 0 Å². The number of benzene rings is 1. The molecule has 0 aliphatic rings. The molecule has 0 bridgehead atoms. The zero-order chi connectivity index (χ0) is 17.1. The summed E-state index contributed by atoms with van der Waals surface area (Å²) in [6.07, 6.45) is 0.721. The Morgan fingerprint density at radius 1 is 1.23 bits per heavy atom. The van der Waals surface area contributed by atoms with Crippen molar-refractivity contribution in [3.63, 3.8) is 0 Å². The first-order valence-electron chi connectivity index (χ1n) is 7.16. The third kappa shape index (κ3) is 3.98. The van der Waals surface area contributed by atoms with Crippen molar-refractivity contribution in [2.45, 2.75) is 25.2 Å². The largest absolute Gasteiger partial charge is 0.376 e. The maximum absolute atomic E-state index is 12.2. The first-order valence-corrected chi connectivity index (χ1v) is 8.60. The Labute approximate surface area is 133 Å². The van der Waals surface area contributed by atoms with Gasteiger partial charge in [0.15, 0.2) is 0 Å². The maximum atomic E-state index is 12.2. The van der Waals surface area contributed by atoms with Crippen molar-refractivity contribution in [1.82, 2.24) is 4.31 Å². The first kappa shape index (κ1) is 18.4. The van der Waals surface area contributed by atoms with Crippen LogP contribution < -0.4 is 10.2 Å². The van der Waals surface area contributed by atoms with Crippen LogP contribution >= 0.6 is 0 Å². The summed E-state index contributed by atoms with van der Waals surface area (Å²) >= 11 is 0. The van der Waals surface area contributed by atoms with E-state index in [0.717, 1.165) is 16.4 Å². The molecule has 1 amide bonds. The smallest absolute Gasteiger partial charge is 0.242 e. The highest BCUT2D eigenvalue weighted by Crippen LogP contribution is 2.29. The molecule has 0 radical (unpaired) electrons. The Kier molecular flexibility index (Phi) is 5.96. The van der Waals surface area contributed by atoms with Crippen LogP contribution in [0, 0.1) is 5.92 Å². The Morgan fingerprint density at radius 2 is 1.82 bits per heavy atom.